The maximum Gasteiger partial charge on any atom is 0.328 e. The van der Waals surface area contributed by atoms with Crippen LogP contribution in [-0.2, 0) is 45.7 Å². The van der Waals surface area contributed by atoms with E-state index in [0.717, 1.165) is 24.3 Å². The van der Waals surface area contributed by atoms with Crippen LogP contribution in [0.3, 0.4) is 0 Å². The molecular formula is C36H55FeN5O12. The molecule has 1 fully saturated rings. The fraction of sp³-hybridized carbons (Fsp3) is 0.639. The van der Waals surface area contributed by atoms with E-state index in [9.17, 15) is 44.9 Å². The van der Waals surface area contributed by atoms with Crippen molar-refractivity contribution in [2.24, 2.45) is 4.99 Å². The first-order chi connectivity index (χ1) is 25.3. The third-order valence-corrected chi connectivity index (χ3v) is 8.88. The molecule has 17 nitrogen and oxygen atoms in total. The number of para-hydroxylation sites is 1. The number of aliphatic carboxylic acids is 1. The number of nitrogens with zero attached hydrogens (tertiary/aromatic N) is 3. The molecule has 1 saturated heterocycles. The average molecular weight is 806 g/mol. The summed E-state index contributed by atoms with van der Waals surface area (Å²) in [4.78, 5) is 53.9. The van der Waals surface area contributed by atoms with E-state index in [1.807, 2.05) is 0 Å². The van der Waals surface area contributed by atoms with Crippen LogP contribution in [0.15, 0.2) is 41.4 Å². The van der Waals surface area contributed by atoms with Gasteiger partial charge in [0.2, 0.25) is 11.8 Å². The molecule has 2 aliphatic heterocycles. The van der Waals surface area contributed by atoms with Gasteiger partial charge in [0.15, 0.2) is 6.04 Å². The summed E-state index contributed by atoms with van der Waals surface area (Å²) in [7, 11) is 0. The van der Waals surface area contributed by atoms with Crippen LogP contribution in [-0.4, -0.2) is 127 Å². The first-order valence-corrected chi connectivity index (χ1v) is 18.3. The molecule has 0 spiro atoms. The number of carboxylic acids is 1. The minimum Gasteiger partial charge on any atom is -0.507 e. The fourth-order valence-electron chi connectivity index (χ4n) is 5.91. The van der Waals surface area contributed by atoms with E-state index in [1.165, 1.54) is 12.1 Å². The molecule has 2 heterocycles. The zero-order valence-corrected chi connectivity index (χ0v) is 31.7. The van der Waals surface area contributed by atoms with Gasteiger partial charge in [0.25, 0.3) is 5.91 Å². The summed E-state index contributed by atoms with van der Waals surface area (Å²) in [5, 5.41) is 66.7. The second kappa shape index (κ2) is 24.7. The number of benzene rings is 1. The van der Waals surface area contributed by atoms with Crippen LogP contribution in [0.4, 0.5) is 0 Å². The third-order valence-electron chi connectivity index (χ3n) is 8.88. The fourth-order valence-corrected chi connectivity index (χ4v) is 5.91. The Kier molecular flexibility index (Phi) is 21.3. The maximum atomic E-state index is 13.4. The number of carbonyl (C=O) groups is 4. The molecule has 54 heavy (non-hydrogen) atoms. The number of phenolic OH excluding ortho intramolecular Hbond substituents is 1. The number of hydrogen-bond acceptors (Lipinski definition) is 14. The molecule has 8 N–H and O–H groups in total. The Bertz CT molecular complexity index is 1400. The number of carboxylic acid groups (broad SMARTS) is 1. The Labute approximate surface area is 325 Å². The second-order valence-electron chi connectivity index (χ2n) is 13.4. The topological polar surface area (TPSA) is 251 Å². The molecule has 0 bridgehead atoms. The van der Waals surface area contributed by atoms with Gasteiger partial charge in [0.1, 0.15) is 37.0 Å². The molecule has 0 saturated carbocycles. The Hall–Kier alpha value is -3.61. The molecule has 2 amide bonds. The number of phenols is 1. The van der Waals surface area contributed by atoms with Crippen molar-refractivity contribution in [3.05, 3.63) is 42.0 Å². The monoisotopic (exact) mass is 805 g/mol. The van der Waals surface area contributed by atoms with Gasteiger partial charge in [0, 0.05) is 43.0 Å². The summed E-state index contributed by atoms with van der Waals surface area (Å²) < 4.78 is 11.1. The van der Waals surface area contributed by atoms with Crippen LogP contribution in [0.2, 0.25) is 0 Å². The minimum absolute atomic E-state index is 0. The van der Waals surface area contributed by atoms with E-state index in [1.54, 1.807) is 31.2 Å². The van der Waals surface area contributed by atoms with E-state index in [2.05, 4.69) is 15.6 Å². The van der Waals surface area contributed by atoms with E-state index >= 15 is 0 Å². The number of hydroxylamine groups is 4. The molecule has 1 unspecified atom stereocenters. The van der Waals surface area contributed by atoms with E-state index in [0.29, 0.717) is 55.6 Å². The van der Waals surface area contributed by atoms with Crippen molar-refractivity contribution < 1.29 is 76.6 Å². The first-order valence-electron chi connectivity index (χ1n) is 18.3. The van der Waals surface area contributed by atoms with Crippen molar-refractivity contribution in [1.29, 1.82) is 0 Å². The number of aliphatic hydroxyl groups is 2. The Morgan fingerprint density at radius 3 is 2.59 bits per heavy atom. The van der Waals surface area contributed by atoms with Crippen LogP contribution >= 0.6 is 0 Å². The van der Waals surface area contributed by atoms with Crippen molar-refractivity contribution >= 4 is 29.7 Å². The van der Waals surface area contributed by atoms with Crippen molar-refractivity contribution in [3.8, 4) is 5.75 Å². The summed E-state index contributed by atoms with van der Waals surface area (Å²) >= 11 is 0. The summed E-state index contributed by atoms with van der Waals surface area (Å²) in [5.74, 6) is -2.74. The molecule has 2 aliphatic rings. The molecule has 6 atom stereocenters. The van der Waals surface area contributed by atoms with Crippen molar-refractivity contribution in [2.45, 2.75) is 127 Å². The molecule has 3 rings (SSSR count). The number of aliphatic hydroxyl groups excluding tert-OH is 2. The number of ether oxygens (including phenoxy) is 2. The number of amides is 2. The van der Waals surface area contributed by atoms with Crippen molar-refractivity contribution in [2.75, 3.05) is 19.7 Å². The number of hydrogen-bond donors (Lipinski definition) is 8. The zero-order valence-electron chi connectivity index (χ0n) is 30.6. The number of carbonyl (C=O) groups excluding carboxylic acids is 3. The number of aromatic hydroxyl groups is 1. The molecule has 0 aliphatic carbocycles. The van der Waals surface area contributed by atoms with Gasteiger partial charge in [-0.25, -0.2) is 14.9 Å². The third kappa shape index (κ3) is 16.4. The Morgan fingerprint density at radius 2 is 1.85 bits per heavy atom. The molecule has 0 aromatic heterocycles. The van der Waals surface area contributed by atoms with Crippen LogP contribution in [0.25, 0.3) is 0 Å². The average Bonchev–Trinajstić information content (AvgIpc) is 3.55. The number of aliphatic imine (C=N–C) groups is 1. The molecule has 1 aromatic carbocycles. The first kappa shape index (κ1) is 46.5. The van der Waals surface area contributed by atoms with Gasteiger partial charge < -0.3 is 40.4 Å². The van der Waals surface area contributed by atoms with Gasteiger partial charge in [0.05, 0.1) is 11.6 Å². The number of allylic oxidation sites excluding steroid dienone is 1. The molecule has 18 heteroatoms. The summed E-state index contributed by atoms with van der Waals surface area (Å²) in [5.41, 5.74) is 0.315. The summed E-state index contributed by atoms with van der Waals surface area (Å²) in [6.45, 7) is 1.70. The van der Waals surface area contributed by atoms with Gasteiger partial charge in [-0.3, -0.25) is 24.9 Å². The van der Waals surface area contributed by atoms with Crippen molar-refractivity contribution in [3.63, 3.8) is 0 Å². The minimum atomic E-state index is -1.25. The van der Waals surface area contributed by atoms with Crippen LogP contribution in [0.1, 0.15) is 96.0 Å². The van der Waals surface area contributed by atoms with Gasteiger partial charge >= 0.3 is 11.9 Å². The van der Waals surface area contributed by atoms with E-state index in [4.69, 9.17) is 14.6 Å². The van der Waals surface area contributed by atoms with Gasteiger partial charge in [-0.2, -0.15) is 5.06 Å². The number of unbranched alkanes of at least 4 members (excludes halogenated alkanes) is 5. The summed E-state index contributed by atoms with van der Waals surface area (Å²) in [6.07, 6.45) is 6.19. The smallest absolute Gasteiger partial charge is 0.328 e. The van der Waals surface area contributed by atoms with Gasteiger partial charge in [-0.05, 0) is 82.9 Å². The standard InChI is InChI=1S/C36H55N5O12.Fe/c1-24(22-30(43)37-26-15-10-13-21-41(51)35(26)48)53-36(49)27(38-33(47)28-23-52-34(39-28)25-14-8-9-17-29(25)42)16-11-12-20-40(50)31(44)18-6-4-2-3-5-7-19-32(45)46;/h6,8-9,14,17-18,24,26-28,30-31,37,42-44,50-51H,2-5,7,10-13,15-16,19-23H2,1H3,(H,38,47)(H,45,46);/b18-6+;/t24-,26+,27-,28?,30-,31-;/m0./s1. The summed E-state index contributed by atoms with van der Waals surface area (Å²) in [6, 6.07) is 3.42. The SMILES string of the molecule is C[C@@H](C[C@H](O)N[C@@H]1CCCCN(O)C1=O)OC(=O)[C@H](CCCCN(O)[C@@H](O)/C=C/CCCCCCC(=O)O)NC(=O)C1COC(c2ccccc2O)=N1.[Fe]. The van der Waals surface area contributed by atoms with E-state index < -0.39 is 60.4 Å². The second-order valence-corrected chi connectivity index (χ2v) is 13.4. The number of nitrogens with one attached hydrogen (secondary N) is 2. The van der Waals surface area contributed by atoms with E-state index in [-0.39, 0.29) is 67.7 Å². The van der Waals surface area contributed by atoms with Gasteiger partial charge in [-0.1, -0.05) is 31.1 Å². The molecular weight excluding hydrogens is 750 g/mol. The quantitative estimate of drug-likeness (QED) is 0.0150. The predicted octanol–water partition coefficient (Wildman–Crippen LogP) is 2.18. The molecule has 304 valence electrons. The van der Waals surface area contributed by atoms with Crippen molar-refractivity contribution in [1.82, 2.24) is 20.8 Å². The van der Waals surface area contributed by atoms with Crippen LogP contribution < -0.4 is 10.6 Å². The maximum absolute atomic E-state index is 13.4. The molecule has 0 radical (unpaired) electrons. The number of rotatable bonds is 23. The van der Waals surface area contributed by atoms with Crippen LogP contribution in [0.5, 0.6) is 5.75 Å². The Morgan fingerprint density at radius 1 is 1.11 bits per heavy atom. The Balaban J connectivity index is 0.0000101. The number of esters is 1. The van der Waals surface area contributed by atoms with Crippen LogP contribution in [0, 0.1) is 0 Å². The molecule has 1 aromatic rings. The zero-order chi connectivity index (χ0) is 38.8. The largest absolute Gasteiger partial charge is 0.507 e. The van der Waals surface area contributed by atoms with Gasteiger partial charge in [-0.15, -0.1) is 0 Å². The normalized spacial score (nSPS) is 19.6. The predicted molar refractivity (Wildman–Crippen MR) is 190 cm³/mol.